The van der Waals surface area contributed by atoms with E-state index in [1.807, 2.05) is 0 Å². The molecule has 0 amide bonds. The summed E-state index contributed by atoms with van der Waals surface area (Å²) in [7, 11) is -0.693. The molecule has 2 atom stereocenters. The Kier molecular flexibility index (Phi) is 5.70. The molecule has 3 N–H and O–H groups in total. The fraction of sp³-hybridized carbons (Fsp3) is 0.571. The summed E-state index contributed by atoms with van der Waals surface area (Å²) < 4.78 is 38.9. The second-order valence-electron chi connectivity index (χ2n) is 5.29. The summed E-state index contributed by atoms with van der Waals surface area (Å²) in [4.78, 5) is 0.132. The van der Waals surface area contributed by atoms with E-state index >= 15 is 0 Å². The third-order valence-corrected chi connectivity index (χ3v) is 6.44. The molecule has 8 heteroatoms. The van der Waals surface area contributed by atoms with Crippen molar-refractivity contribution in [1.82, 2.24) is 4.72 Å². The minimum Gasteiger partial charge on any atom is -0.493 e. The van der Waals surface area contributed by atoms with E-state index in [-0.39, 0.29) is 16.9 Å². The number of hydrogen-bond acceptors (Lipinski definition) is 5. The second kappa shape index (κ2) is 7.16. The van der Waals surface area contributed by atoms with Gasteiger partial charge in [-0.05, 0) is 47.3 Å². The van der Waals surface area contributed by atoms with Crippen LogP contribution in [-0.4, -0.2) is 35.2 Å². The van der Waals surface area contributed by atoms with Crippen LogP contribution in [0, 0.1) is 5.92 Å². The van der Waals surface area contributed by atoms with Gasteiger partial charge >= 0.3 is 0 Å². The van der Waals surface area contributed by atoms with Gasteiger partial charge in [0.15, 0.2) is 11.5 Å². The van der Waals surface area contributed by atoms with E-state index in [0.29, 0.717) is 22.5 Å². The molecule has 2 rings (SSSR count). The summed E-state index contributed by atoms with van der Waals surface area (Å²) in [5, 5.41) is 0. The maximum absolute atomic E-state index is 12.7. The number of rotatable bonds is 6. The van der Waals surface area contributed by atoms with Gasteiger partial charge in [0, 0.05) is 16.6 Å². The van der Waals surface area contributed by atoms with Crippen LogP contribution in [0.25, 0.3) is 0 Å². The van der Waals surface area contributed by atoms with Gasteiger partial charge in [0.2, 0.25) is 10.0 Å². The molecule has 0 aromatic heterocycles. The van der Waals surface area contributed by atoms with Crippen LogP contribution >= 0.6 is 15.9 Å². The van der Waals surface area contributed by atoms with Gasteiger partial charge in [-0.1, -0.05) is 6.42 Å². The number of ether oxygens (including phenoxy) is 2. The Labute approximate surface area is 139 Å². The Morgan fingerprint density at radius 3 is 2.50 bits per heavy atom. The van der Waals surface area contributed by atoms with Crippen molar-refractivity contribution in [2.24, 2.45) is 11.7 Å². The van der Waals surface area contributed by atoms with Crippen LogP contribution in [0.4, 0.5) is 0 Å². The van der Waals surface area contributed by atoms with Crippen LogP contribution in [0.3, 0.4) is 0 Å². The largest absolute Gasteiger partial charge is 0.493 e. The number of sulfonamides is 1. The molecule has 0 bridgehead atoms. The zero-order valence-electron chi connectivity index (χ0n) is 12.6. The first-order chi connectivity index (χ1) is 10.4. The average Bonchev–Trinajstić information content (AvgIpc) is 2.92. The highest BCUT2D eigenvalue weighted by molar-refractivity contribution is 9.10. The van der Waals surface area contributed by atoms with Crippen LogP contribution in [0.2, 0.25) is 0 Å². The second-order valence-corrected chi connectivity index (χ2v) is 7.83. The molecule has 1 saturated carbocycles. The van der Waals surface area contributed by atoms with Gasteiger partial charge in [0.25, 0.3) is 0 Å². The van der Waals surface area contributed by atoms with Crippen LogP contribution in [0.1, 0.15) is 19.3 Å². The van der Waals surface area contributed by atoms with Crippen molar-refractivity contribution in [3.8, 4) is 11.5 Å². The summed E-state index contributed by atoms with van der Waals surface area (Å²) in [6, 6.07) is 2.93. The number of benzene rings is 1. The molecule has 0 aliphatic heterocycles. The number of nitrogens with one attached hydrogen (secondary N) is 1. The monoisotopic (exact) mass is 392 g/mol. The third-order valence-electron chi connectivity index (χ3n) is 4.00. The SMILES string of the molecule is COc1cc(Br)c(S(=O)(=O)N[C@@H]2CCC[C@@H]2CN)cc1OC. The van der Waals surface area contributed by atoms with Crippen LogP contribution < -0.4 is 19.9 Å². The van der Waals surface area contributed by atoms with Crippen molar-refractivity contribution in [3.63, 3.8) is 0 Å². The molecule has 1 aliphatic rings. The lowest BCUT2D eigenvalue weighted by Gasteiger charge is -2.20. The Morgan fingerprint density at radius 2 is 1.91 bits per heavy atom. The van der Waals surface area contributed by atoms with Gasteiger partial charge in [-0.25, -0.2) is 13.1 Å². The molecule has 0 unspecified atom stereocenters. The van der Waals surface area contributed by atoms with Crippen molar-refractivity contribution < 1.29 is 17.9 Å². The highest BCUT2D eigenvalue weighted by atomic mass is 79.9. The van der Waals surface area contributed by atoms with Gasteiger partial charge < -0.3 is 15.2 Å². The van der Waals surface area contributed by atoms with Gasteiger partial charge in [-0.15, -0.1) is 0 Å². The van der Waals surface area contributed by atoms with Gasteiger partial charge in [0.1, 0.15) is 4.90 Å². The predicted molar refractivity (Wildman–Crippen MR) is 87.8 cm³/mol. The number of halogens is 1. The zero-order valence-corrected chi connectivity index (χ0v) is 15.0. The molecule has 1 aliphatic carbocycles. The normalized spacial score (nSPS) is 21.8. The molecule has 0 radical (unpaired) electrons. The fourth-order valence-electron chi connectivity index (χ4n) is 2.78. The lowest BCUT2D eigenvalue weighted by atomic mass is 10.1. The summed E-state index contributed by atoms with van der Waals surface area (Å²) in [5.41, 5.74) is 5.71. The molecular formula is C14H21BrN2O4S. The standard InChI is InChI=1S/C14H21BrN2O4S/c1-20-12-6-10(15)14(7-13(12)21-2)22(18,19)17-11-5-3-4-9(11)8-16/h6-7,9,11,17H,3-5,8,16H2,1-2H3/t9-,11-/m1/s1. The van der Waals surface area contributed by atoms with Crippen LogP contribution in [0.15, 0.2) is 21.5 Å². The Hall–Kier alpha value is -0.830. The van der Waals surface area contributed by atoms with Crippen molar-refractivity contribution in [1.29, 1.82) is 0 Å². The first kappa shape index (κ1) is 17.5. The molecular weight excluding hydrogens is 372 g/mol. The molecule has 6 nitrogen and oxygen atoms in total. The van der Waals surface area contributed by atoms with Crippen molar-refractivity contribution in [3.05, 3.63) is 16.6 Å². The van der Waals surface area contributed by atoms with Gasteiger partial charge in [-0.3, -0.25) is 0 Å². The lowest BCUT2D eigenvalue weighted by Crippen LogP contribution is -2.39. The highest BCUT2D eigenvalue weighted by Crippen LogP contribution is 2.36. The molecule has 0 spiro atoms. The topological polar surface area (TPSA) is 90.7 Å². The maximum atomic E-state index is 12.7. The summed E-state index contributed by atoms with van der Waals surface area (Å²) in [5.74, 6) is 1.02. The summed E-state index contributed by atoms with van der Waals surface area (Å²) >= 11 is 3.29. The van der Waals surface area contributed by atoms with Gasteiger partial charge in [0.05, 0.1) is 14.2 Å². The summed E-state index contributed by atoms with van der Waals surface area (Å²) in [6.07, 6.45) is 2.75. The van der Waals surface area contributed by atoms with E-state index in [1.54, 1.807) is 6.07 Å². The predicted octanol–water partition coefficient (Wildman–Crippen LogP) is 1.87. The first-order valence-corrected chi connectivity index (χ1v) is 9.34. The third kappa shape index (κ3) is 3.56. The van der Waals surface area contributed by atoms with E-state index in [9.17, 15) is 8.42 Å². The van der Waals surface area contributed by atoms with Crippen molar-refractivity contribution >= 4 is 26.0 Å². The van der Waals surface area contributed by atoms with E-state index in [2.05, 4.69) is 20.7 Å². The van der Waals surface area contributed by atoms with Gasteiger partial charge in [-0.2, -0.15) is 0 Å². The molecule has 1 aromatic carbocycles. The zero-order chi connectivity index (χ0) is 16.3. The highest BCUT2D eigenvalue weighted by Gasteiger charge is 2.31. The minimum atomic E-state index is -3.66. The fourth-order valence-corrected chi connectivity index (χ4v) is 5.15. The molecule has 1 fully saturated rings. The summed E-state index contributed by atoms with van der Waals surface area (Å²) in [6.45, 7) is 0.486. The molecule has 124 valence electrons. The van der Waals surface area contributed by atoms with E-state index < -0.39 is 10.0 Å². The Bertz CT molecular complexity index is 636. The molecule has 22 heavy (non-hydrogen) atoms. The quantitative estimate of drug-likeness (QED) is 0.770. The van der Waals surface area contributed by atoms with E-state index in [4.69, 9.17) is 15.2 Å². The van der Waals surface area contributed by atoms with Crippen LogP contribution in [-0.2, 0) is 10.0 Å². The van der Waals surface area contributed by atoms with E-state index in [1.165, 1.54) is 20.3 Å². The lowest BCUT2D eigenvalue weighted by molar-refractivity contribution is 0.353. The smallest absolute Gasteiger partial charge is 0.242 e. The Morgan fingerprint density at radius 1 is 1.27 bits per heavy atom. The first-order valence-electron chi connectivity index (χ1n) is 7.07. The molecule has 1 aromatic rings. The average molecular weight is 393 g/mol. The maximum Gasteiger partial charge on any atom is 0.242 e. The number of methoxy groups -OCH3 is 2. The van der Waals surface area contributed by atoms with Crippen molar-refractivity contribution in [2.75, 3.05) is 20.8 Å². The number of nitrogens with two attached hydrogens (primary N) is 1. The number of hydrogen-bond donors (Lipinski definition) is 2. The molecule has 0 heterocycles. The van der Waals surface area contributed by atoms with E-state index in [0.717, 1.165) is 19.3 Å². The Balaban J connectivity index is 2.33. The van der Waals surface area contributed by atoms with Crippen molar-refractivity contribution in [2.45, 2.75) is 30.2 Å². The van der Waals surface area contributed by atoms with Crippen LogP contribution in [0.5, 0.6) is 11.5 Å². The minimum absolute atomic E-state index is 0.116. The molecule has 0 saturated heterocycles.